The zero-order valence-electron chi connectivity index (χ0n) is 8.30. The van der Waals surface area contributed by atoms with Gasteiger partial charge in [0.05, 0.1) is 5.56 Å². The summed E-state index contributed by atoms with van der Waals surface area (Å²) >= 11 is 0. The second kappa shape index (κ2) is 4.23. The van der Waals surface area contributed by atoms with Crippen molar-refractivity contribution in [1.29, 1.82) is 0 Å². The fourth-order valence-corrected chi connectivity index (χ4v) is 1.52. The Balaban J connectivity index is 3.33. The minimum Gasteiger partial charge on any atom is -0.396 e. The van der Waals surface area contributed by atoms with E-state index in [1.54, 1.807) is 0 Å². The molecule has 15 heavy (non-hydrogen) atoms. The average molecular weight is 217 g/mol. The Bertz CT molecular complexity index is 344. The van der Waals surface area contributed by atoms with E-state index in [2.05, 4.69) is 6.92 Å². The molecule has 0 aromatic heterocycles. The average Bonchev–Trinajstić information content (AvgIpc) is 2.14. The van der Waals surface area contributed by atoms with Crippen LogP contribution in [0.25, 0.3) is 0 Å². The third-order valence-corrected chi connectivity index (χ3v) is 2.25. The van der Waals surface area contributed by atoms with Crippen molar-refractivity contribution in [1.82, 2.24) is 0 Å². The third-order valence-electron chi connectivity index (χ3n) is 2.25. The van der Waals surface area contributed by atoms with Gasteiger partial charge >= 0.3 is 6.18 Å². The molecule has 0 heterocycles. The van der Waals surface area contributed by atoms with Gasteiger partial charge in [-0.25, -0.2) is 0 Å². The fraction of sp³-hybridized carbons (Fsp3) is 0.364. The first-order valence-corrected chi connectivity index (χ1v) is 4.48. The number of aryl methyl sites for hydroxylation is 1. The molecule has 83 valence electrons. The minimum absolute atomic E-state index is 0.0463. The number of halogens is 3. The fourth-order valence-electron chi connectivity index (χ4n) is 1.52. The quantitative estimate of drug-likeness (QED) is 0.807. The lowest BCUT2D eigenvalue weighted by Crippen LogP contribution is -2.14. The lowest BCUT2D eigenvalue weighted by Gasteiger charge is -2.18. The predicted molar refractivity (Wildman–Crippen MR) is 51.4 cm³/mol. The molecule has 4 heteroatoms. The summed E-state index contributed by atoms with van der Waals surface area (Å²) in [6, 6.07) is 4.29. The van der Waals surface area contributed by atoms with Gasteiger partial charge in [-0.15, -0.1) is 0 Å². The molecule has 1 atom stereocenters. The van der Waals surface area contributed by atoms with Crippen LogP contribution in [0.5, 0.6) is 0 Å². The van der Waals surface area contributed by atoms with E-state index in [0.29, 0.717) is 0 Å². The Morgan fingerprint density at radius 3 is 2.47 bits per heavy atom. The van der Waals surface area contributed by atoms with E-state index in [-0.39, 0.29) is 11.1 Å². The Morgan fingerprint density at radius 2 is 2.00 bits per heavy atom. The first-order valence-electron chi connectivity index (χ1n) is 4.48. The molecule has 0 bridgehead atoms. The van der Waals surface area contributed by atoms with E-state index in [9.17, 15) is 13.2 Å². The van der Waals surface area contributed by atoms with Crippen LogP contribution in [0.4, 0.5) is 13.2 Å². The van der Waals surface area contributed by atoms with Gasteiger partial charge in [-0.05, 0) is 25.0 Å². The SMILES string of the molecule is [CH2]C(CO)c1cccc(C)c1C(F)(F)F. The van der Waals surface area contributed by atoms with Crippen LogP contribution in [0.2, 0.25) is 0 Å². The highest BCUT2D eigenvalue weighted by molar-refractivity contribution is 5.39. The van der Waals surface area contributed by atoms with Crippen molar-refractivity contribution in [3.8, 4) is 0 Å². The molecule has 1 N–H and O–H groups in total. The number of hydrogen-bond donors (Lipinski definition) is 1. The standard InChI is InChI=1S/C11H12F3O/c1-7-4-3-5-9(8(2)6-15)10(7)11(12,13)14/h3-5,8,15H,2,6H2,1H3. The van der Waals surface area contributed by atoms with Gasteiger partial charge in [0.15, 0.2) is 0 Å². The summed E-state index contributed by atoms with van der Waals surface area (Å²) in [6.45, 7) is 4.49. The highest BCUT2D eigenvalue weighted by atomic mass is 19.4. The summed E-state index contributed by atoms with van der Waals surface area (Å²) in [5.74, 6) is -0.749. The van der Waals surface area contributed by atoms with Crippen molar-refractivity contribution >= 4 is 0 Å². The smallest absolute Gasteiger partial charge is 0.396 e. The van der Waals surface area contributed by atoms with Crippen molar-refractivity contribution in [2.24, 2.45) is 0 Å². The molecule has 1 nitrogen and oxygen atoms in total. The van der Waals surface area contributed by atoms with Crippen molar-refractivity contribution in [2.75, 3.05) is 6.61 Å². The Morgan fingerprint density at radius 1 is 1.40 bits per heavy atom. The number of benzene rings is 1. The molecule has 1 aromatic rings. The van der Waals surface area contributed by atoms with Gasteiger partial charge in [-0.3, -0.25) is 0 Å². The summed E-state index contributed by atoms with van der Waals surface area (Å²) in [5, 5.41) is 8.84. The molecule has 1 aromatic carbocycles. The minimum atomic E-state index is -4.40. The Hall–Kier alpha value is -1.03. The summed E-state index contributed by atoms with van der Waals surface area (Å²) in [4.78, 5) is 0. The molecule has 0 fully saturated rings. The number of aliphatic hydroxyl groups is 1. The molecule has 0 saturated carbocycles. The molecule has 0 aliphatic rings. The highest BCUT2D eigenvalue weighted by Gasteiger charge is 2.35. The maximum Gasteiger partial charge on any atom is 0.416 e. The van der Waals surface area contributed by atoms with E-state index in [1.165, 1.54) is 25.1 Å². The number of alkyl halides is 3. The van der Waals surface area contributed by atoms with E-state index in [4.69, 9.17) is 5.11 Å². The normalized spacial score (nSPS) is 14.0. The first kappa shape index (κ1) is 12.0. The molecular formula is C11H12F3O. The lowest BCUT2D eigenvalue weighted by atomic mass is 9.93. The largest absolute Gasteiger partial charge is 0.416 e. The van der Waals surface area contributed by atoms with Crippen LogP contribution in [0.3, 0.4) is 0 Å². The lowest BCUT2D eigenvalue weighted by molar-refractivity contribution is -0.138. The van der Waals surface area contributed by atoms with Crippen LogP contribution in [-0.2, 0) is 6.18 Å². The zero-order valence-corrected chi connectivity index (χ0v) is 8.30. The van der Waals surface area contributed by atoms with E-state index >= 15 is 0 Å². The van der Waals surface area contributed by atoms with Gasteiger partial charge in [0, 0.05) is 12.5 Å². The van der Waals surface area contributed by atoms with E-state index < -0.39 is 24.3 Å². The molecule has 1 unspecified atom stereocenters. The summed E-state index contributed by atoms with van der Waals surface area (Å²) in [6.07, 6.45) is -4.40. The van der Waals surface area contributed by atoms with Crippen LogP contribution >= 0.6 is 0 Å². The van der Waals surface area contributed by atoms with Crippen LogP contribution in [0, 0.1) is 13.8 Å². The molecule has 1 radical (unpaired) electrons. The van der Waals surface area contributed by atoms with Gasteiger partial charge in [0.25, 0.3) is 0 Å². The van der Waals surface area contributed by atoms with Crippen molar-refractivity contribution < 1.29 is 18.3 Å². The summed E-state index contributed by atoms with van der Waals surface area (Å²) < 4.78 is 38.1. The highest BCUT2D eigenvalue weighted by Crippen LogP contribution is 2.37. The maximum atomic E-state index is 12.7. The third kappa shape index (κ3) is 2.50. The predicted octanol–water partition coefficient (Wildman–Crippen LogP) is 2.92. The Kier molecular flexibility index (Phi) is 3.39. The van der Waals surface area contributed by atoms with Crippen molar-refractivity contribution in [2.45, 2.75) is 19.0 Å². The van der Waals surface area contributed by atoms with Crippen LogP contribution in [0.15, 0.2) is 18.2 Å². The van der Waals surface area contributed by atoms with Gasteiger partial charge in [0.2, 0.25) is 0 Å². The molecule has 1 rings (SSSR count). The Labute approximate surface area is 86.5 Å². The van der Waals surface area contributed by atoms with Crippen LogP contribution < -0.4 is 0 Å². The summed E-state index contributed by atoms with van der Waals surface area (Å²) in [7, 11) is 0. The first-order chi connectivity index (χ1) is 6.88. The summed E-state index contributed by atoms with van der Waals surface area (Å²) in [5.41, 5.74) is -0.480. The molecule has 0 saturated heterocycles. The molecule has 0 aliphatic heterocycles. The van der Waals surface area contributed by atoms with Gasteiger partial charge < -0.3 is 5.11 Å². The number of rotatable bonds is 2. The zero-order chi connectivity index (χ0) is 11.6. The number of hydrogen-bond acceptors (Lipinski definition) is 1. The van der Waals surface area contributed by atoms with E-state index in [0.717, 1.165) is 0 Å². The van der Waals surface area contributed by atoms with Gasteiger partial charge in [0.1, 0.15) is 0 Å². The van der Waals surface area contributed by atoms with E-state index in [1.807, 2.05) is 0 Å². The van der Waals surface area contributed by atoms with Crippen LogP contribution in [-0.4, -0.2) is 11.7 Å². The maximum absolute atomic E-state index is 12.7. The second-order valence-electron chi connectivity index (χ2n) is 3.42. The number of aliphatic hydroxyl groups excluding tert-OH is 1. The van der Waals surface area contributed by atoms with Crippen molar-refractivity contribution in [3.63, 3.8) is 0 Å². The molecule has 0 amide bonds. The van der Waals surface area contributed by atoms with Crippen molar-refractivity contribution in [3.05, 3.63) is 41.8 Å². The molecule has 0 aliphatic carbocycles. The molecular weight excluding hydrogens is 205 g/mol. The van der Waals surface area contributed by atoms with Gasteiger partial charge in [-0.1, -0.05) is 18.2 Å². The van der Waals surface area contributed by atoms with Gasteiger partial charge in [-0.2, -0.15) is 13.2 Å². The van der Waals surface area contributed by atoms with Crippen LogP contribution in [0.1, 0.15) is 22.6 Å². The second-order valence-corrected chi connectivity index (χ2v) is 3.42. The topological polar surface area (TPSA) is 20.2 Å². The molecule has 0 spiro atoms. The monoisotopic (exact) mass is 217 g/mol.